The molecule has 1 fully saturated rings. The number of amides is 2. The van der Waals surface area contributed by atoms with Gasteiger partial charge >= 0.3 is 6.03 Å². The zero-order chi connectivity index (χ0) is 15.3. The van der Waals surface area contributed by atoms with Gasteiger partial charge in [0, 0.05) is 19.7 Å². The summed E-state index contributed by atoms with van der Waals surface area (Å²) in [6.07, 6.45) is -1.53. The molecule has 1 saturated heterocycles. The number of rotatable bonds is 5. The van der Waals surface area contributed by atoms with Crippen LogP contribution in [0.25, 0.3) is 0 Å². The lowest BCUT2D eigenvalue weighted by molar-refractivity contribution is -0.104. The van der Waals surface area contributed by atoms with Crippen LogP contribution in [0, 0.1) is 0 Å². The molecular formula is C12H17FN2O5. The Labute approximate surface area is 115 Å². The Morgan fingerprint density at radius 1 is 1.65 bits per heavy atom. The largest absolute Gasteiger partial charge is 0.394 e. The molecule has 8 heteroatoms. The van der Waals surface area contributed by atoms with Crippen LogP contribution in [0.4, 0.5) is 9.18 Å². The van der Waals surface area contributed by atoms with E-state index in [1.54, 1.807) is 0 Å². The average molecular weight is 288 g/mol. The van der Waals surface area contributed by atoms with Crippen LogP contribution in [0.5, 0.6) is 0 Å². The number of hydrogen-bond acceptors (Lipinski definition) is 5. The van der Waals surface area contributed by atoms with Crippen molar-refractivity contribution in [1.82, 2.24) is 10.2 Å². The summed E-state index contributed by atoms with van der Waals surface area (Å²) in [4.78, 5) is 23.4. The number of nitrogens with zero attached hydrogens (tertiary/aromatic N) is 1. The summed E-state index contributed by atoms with van der Waals surface area (Å²) in [6.45, 7) is 2.57. The van der Waals surface area contributed by atoms with Gasteiger partial charge in [0.25, 0.3) is 0 Å². The predicted molar refractivity (Wildman–Crippen MR) is 67.1 cm³/mol. The molecule has 0 saturated carbocycles. The highest BCUT2D eigenvalue weighted by molar-refractivity contribution is 5.81. The summed E-state index contributed by atoms with van der Waals surface area (Å²) >= 11 is 0. The van der Waals surface area contributed by atoms with E-state index in [0.29, 0.717) is 0 Å². The summed E-state index contributed by atoms with van der Waals surface area (Å²) in [5.41, 5.74) is -0.417. The Morgan fingerprint density at radius 3 is 2.70 bits per heavy atom. The van der Waals surface area contributed by atoms with Crippen molar-refractivity contribution < 1.29 is 28.9 Å². The molecule has 1 aliphatic heterocycles. The molecule has 0 aliphatic carbocycles. The topological polar surface area (TPSA) is 99.1 Å². The van der Waals surface area contributed by atoms with E-state index in [-0.39, 0.29) is 12.7 Å². The van der Waals surface area contributed by atoms with Crippen LogP contribution >= 0.6 is 0 Å². The molecule has 3 N–H and O–H groups in total. The number of aliphatic hydroxyl groups excluding tert-OH is 2. The zero-order valence-corrected chi connectivity index (χ0v) is 11.0. The fourth-order valence-corrected chi connectivity index (χ4v) is 1.77. The summed E-state index contributed by atoms with van der Waals surface area (Å²) in [6, 6.07) is -0.651. The number of aliphatic hydroxyl groups is 2. The minimum atomic E-state index is -0.994. The number of carbonyl (C=O) groups excluding carboxylic acids is 2. The fraction of sp³-hybridized carbons (Fsp3) is 0.500. The van der Waals surface area contributed by atoms with E-state index >= 15 is 0 Å². The van der Waals surface area contributed by atoms with E-state index in [1.165, 1.54) is 7.05 Å². The molecule has 0 aromatic heterocycles. The van der Waals surface area contributed by atoms with Crippen molar-refractivity contribution in [3.63, 3.8) is 0 Å². The molecule has 2 amide bonds. The van der Waals surface area contributed by atoms with Gasteiger partial charge in [-0.15, -0.1) is 0 Å². The number of urea groups is 1. The molecule has 20 heavy (non-hydrogen) atoms. The third kappa shape index (κ3) is 3.62. The van der Waals surface area contributed by atoms with Gasteiger partial charge in [-0.1, -0.05) is 6.58 Å². The van der Waals surface area contributed by atoms with Gasteiger partial charge in [-0.25, -0.2) is 9.18 Å². The molecule has 0 unspecified atom stereocenters. The molecular weight excluding hydrogens is 271 g/mol. The first kappa shape index (κ1) is 16.3. The van der Waals surface area contributed by atoms with Crippen LogP contribution in [-0.4, -0.2) is 59.5 Å². The second kappa shape index (κ2) is 7.13. The summed E-state index contributed by atoms with van der Waals surface area (Å²) in [5.74, 6) is -0.994. The lowest BCUT2D eigenvalue weighted by Crippen LogP contribution is -2.42. The number of aldehydes is 1. The zero-order valence-electron chi connectivity index (χ0n) is 11.0. The number of carbonyl (C=O) groups is 2. The second-order valence-corrected chi connectivity index (χ2v) is 4.18. The molecule has 1 heterocycles. The predicted octanol–water partition coefficient (Wildman–Crippen LogP) is -0.338. The fourth-order valence-electron chi connectivity index (χ4n) is 1.77. The van der Waals surface area contributed by atoms with E-state index in [9.17, 15) is 19.1 Å². The standard InChI is InChI=1S/C12H17FN2O5/c1-7(13)8(5-16)4-15(12(19)14-2)11-3-9(18)10(6-17)20-11/h4-5,9-11,17-18H,1,3,6H2,2H3,(H,14,19)/b8-4+/t9-,10+,11+/m0/s1. The normalized spacial score (nSPS) is 26.2. The van der Waals surface area contributed by atoms with Gasteiger partial charge in [-0.3, -0.25) is 9.69 Å². The number of hydrogen-bond donors (Lipinski definition) is 3. The molecule has 0 spiro atoms. The molecule has 0 bridgehead atoms. The number of nitrogens with one attached hydrogen (secondary N) is 1. The summed E-state index contributed by atoms with van der Waals surface area (Å²) in [7, 11) is 1.35. The van der Waals surface area contributed by atoms with Gasteiger partial charge in [-0.2, -0.15) is 0 Å². The average Bonchev–Trinajstić information content (AvgIpc) is 2.79. The minimum Gasteiger partial charge on any atom is -0.394 e. The van der Waals surface area contributed by atoms with Crippen molar-refractivity contribution >= 4 is 12.3 Å². The van der Waals surface area contributed by atoms with Gasteiger partial charge in [0.05, 0.1) is 18.3 Å². The van der Waals surface area contributed by atoms with Crippen molar-refractivity contribution in [2.45, 2.75) is 24.9 Å². The second-order valence-electron chi connectivity index (χ2n) is 4.18. The Bertz CT molecular complexity index is 426. The van der Waals surface area contributed by atoms with Gasteiger partial charge in [0.2, 0.25) is 0 Å². The Balaban J connectivity index is 3.00. The maximum Gasteiger partial charge on any atom is 0.323 e. The van der Waals surface area contributed by atoms with Crippen molar-refractivity contribution in [3.8, 4) is 0 Å². The highest BCUT2D eigenvalue weighted by atomic mass is 19.1. The van der Waals surface area contributed by atoms with E-state index in [4.69, 9.17) is 9.84 Å². The van der Waals surface area contributed by atoms with E-state index in [1.807, 2.05) is 0 Å². The number of halogens is 1. The van der Waals surface area contributed by atoms with E-state index < -0.39 is 42.5 Å². The van der Waals surface area contributed by atoms with Gasteiger partial charge in [-0.05, 0) is 0 Å². The van der Waals surface area contributed by atoms with Gasteiger partial charge in [0.1, 0.15) is 18.2 Å². The number of allylic oxidation sites excluding steroid dienone is 2. The molecule has 1 rings (SSSR count). The first-order chi connectivity index (χ1) is 9.44. The lowest BCUT2D eigenvalue weighted by Gasteiger charge is -2.25. The maximum atomic E-state index is 13.0. The Morgan fingerprint density at radius 2 is 2.30 bits per heavy atom. The third-order valence-electron chi connectivity index (χ3n) is 2.86. The van der Waals surface area contributed by atoms with Gasteiger partial charge < -0.3 is 20.3 Å². The molecule has 112 valence electrons. The maximum absolute atomic E-state index is 13.0. The third-order valence-corrected chi connectivity index (χ3v) is 2.86. The molecule has 0 aromatic carbocycles. The Hall–Kier alpha value is -1.77. The number of ether oxygens (including phenoxy) is 1. The highest BCUT2D eigenvalue weighted by Crippen LogP contribution is 2.24. The lowest BCUT2D eigenvalue weighted by atomic mass is 10.2. The summed E-state index contributed by atoms with van der Waals surface area (Å²) < 4.78 is 18.3. The van der Waals surface area contributed by atoms with Crippen molar-refractivity contribution in [3.05, 3.63) is 24.2 Å². The smallest absolute Gasteiger partial charge is 0.323 e. The van der Waals surface area contributed by atoms with Crippen LogP contribution in [0.2, 0.25) is 0 Å². The first-order valence-electron chi connectivity index (χ1n) is 5.90. The molecule has 1 aliphatic rings. The molecule has 7 nitrogen and oxygen atoms in total. The van der Waals surface area contributed by atoms with Crippen LogP contribution in [0.1, 0.15) is 6.42 Å². The molecule has 0 aromatic rings. The van der Waals surface area contributed by atoms with Crippen molar-refractivity contribution in [2.24, 2.45) is 0 Å². The quantitative estimate of drug-likeness (QED) is 0.365. The van der Waals surface area contributed by atoms with Gasteiger partial charge in [0.15, 0.2) is 6.29 Å². The van der Waals surface area contributed by atoms with Crippen molar-refractivity contribution in [2.75, 3.05) is 13.7 Å². The van der Waals surface area contributed by atoms with Crippen molar-refractivity contribution in [1.29, 1.82) is 0 Å². The Kier molecular flexibility index (Phi) is 5.81. The molecule has 3 atom stereocenters. The van der Waals surface area contributed by atoms with Crippen LogP contribution in [-0.2, 0) is 9.53 Å². The van der Waals surface area contributed by atoms with Crippen LogP contribution in [0.15, 0.2) is 24.2 Å². The SMILES string of the molecule is C=C(F)/C(C=O)=C/N(C(=O)NC)[C@H]1C[C@H](O)[C@@H](CO)O1. The summed E-state index contributed by atoms with van der Waals surface area (Å²) in [5, 5.41) is 20.9. The van der Waals surface area contributed by atoms with Crippen LogP contribution in [0.3, 0.4) is 0 Å². The van der Waals surface area contributed by atoms with E-state index in [0.717, 1.165) is 11.1 Å². The van der Waals surface area contributed by atoms with E-state index in [2.05, 4.69) is 11.9 Å². The minimum absolute atomic E-state index is 0.0278. The first-order valence-corrected chi connectivity index (χ1v) is 5.90. The highest BCUT2D eigenvalue weighted by Gasteiger charge is 2.38. The van der Waals surface area contributed by atoms with Crippen LogP contribution < -0.4 is 5.32 Å². The monoisotopic (exact) mass is 288 g/mol. The molecule has 0 radical (unpaired) electrons.